The van der Waals surface area contributed by atoms with Crippen molar-refractivity contribution in [1.29, 1.82) is 0 Å². The van der Waals surface area contributed by atoms with Crippen LogP contribution in [-0.4, -0.2) is 30.5 Å². The second kappa shape index (κ2) is 3.94. The molecular weight excluding hydrogens is 185 g/mol. The summed E-state index contributed by atoms with van der Waals surface area (Å²) < 4.78 is 18.2. The fourth-order valence-corrected chi connectivity index (χ4v) is 1.46. The van der Waals surface area contributed by atoms with E-state index in [1.165, 1.54) is 6.07 Å². The Labute approximate surface area is 81.5 Å². The van der Waals surface area contributed by atoms with E-state index in [1.807, 2.05) is 0 Å². The molecule has 14 heavy (non-hydrogen) atoms. The van der Waals surface area contributed by atoms with Crippen LogP contribution < -0.4 is 5.32 Å². The highest BCUT2D eigenvalue weighted by Gasteiger charge is 2.26. The van der Waals surface area contributed by atoms with Crippen LogP contribution in [0.4, 0.5) is 10.1 Å². The minimum atomic E-state index is -0.561. The molecule has 2 rings (SSSR count). The first-order valence-electron chi connectivity index (χ1n) is 4.54. The van der Waals surface area contributed by atoms with Gasteiger partial charge in [-0.1, -0.05) is 12.1 Å². The van der Waals surface area contributed by atoms with Crippen molar-refractivity contribution < 1.29 is 14.2 Å². The van der Waals surface area contributed by atoms with Crippen molar-refractivity contribution in [3.8, 4) is 0 Å². The molecule has 4 heteroatoms. The molecule has 0 aliphatic carbocycles. The first-order valence-corrected chi connectivity index (χ1v) is 4.54. The fourth-order valence-electron chi connectivity index (χ4n) is 1.46. The molecule has 1 aromatic rings. The van der Waals surface area contributed by atoms with E-state index in [1.54, 1.807) is 18.2 Å². The molecule has 0 radical (unpaired) electrons. The Balaban J connectivity index is 2.07. The molecule has 1 aliphatic rings. The summed E-state index contributed by atoms with van der Waals surface area (Å²) in [4.78, 5) is 0. The summed E-state index contributed by atoms with van der Waals surface area (Å²) in [7, 11) is 0. The predicted octanol–water partition coefficient (Wildman–Crippen LogP) is 0.997. The van der Waals surface area contributed by atoms with Crippen molar-refractivity contribution in [1.82, 2.24) is 0 Å². The monoisotopic (exact) mass is 197 g/mol. The second-order valence-corrected chi connectivity index (χ2v) is 3.34. The van der Waals surface area contributed by atoms with Gasteiger partial charge in [0.2, 0.25) is 0 Å². The van der Waals surface area contributed by atoms with Crippen LogP contribution in [0.2, 0.25) is 0 Å². The summed E-state index contributed by atoms with van der Waals surface area (Å²) in [6.07, 6.45) is -0.561. The molecule has 1 aliphatic heterocycles. The number of aliphatic hydroxyl groups is 1. The van der Waals surface area contributed by atoms with Gasteiger partial charge in [0, 0.05) is 0 Å². The summed E-state index contributed by atoms with van der Waals surface area (Å²) in [6.45, 7) is 0.724. The maximum absolute atomic E-state index is 13.2. The normalized spacial score (nSPS) is 26.4. The van der Waals surface area contributed by atoms with E-state index in [0.717, 1.165) is 0 Å². The van der Waals surface area contributed by atoms with Gasteiger partial charge in [0.15, 0.2) is 0 Å². The molecule has 2 atom stereocenters. The van der Waals surface area contributed by atoms with E-state index in [0.29, 0.717) is 18.9 Å². The number of aliphatic hydroxyl groups excluding tert-OH is 1. The van der Waals surface area contributed by atoms with E-state index in [4.69, 9.17) is 4.74 Å². The second-order valence-electron chi connectivity index (χ2n) is 3.34. The molecule has 3 nitrogen and oxygen atoms in total. The lowest BCUT2D eigenvalue weighted by Crippen LogP contribution is -2.32. The zero-order valence-electron chi connectivity index (χ0n) is 7.61. The summed E-state index contributed by atoms with van der Waals surface area (Å²) in [5.74, 6) is -0.313. The first-order chi connectivity index (χ1) is 6.77. The van der Waals surface area contributed by atoms with E-state index < -0.39 is 6.10 Å². The van der Waals surface area contributed by atoms with Crippen molar-refractivity contribution in [2.75, 3.05) is 18.5 Å². The number of benzene rings is 1. The molecule has 76 valence electrons. The summed E-state index contributed by atoms with van der Waals surface area (Å²) in [5, 5.41) is 12.3. The standard InChI is InChI=1S/C10H12FNO2/c11-7-3-1-2-4-8(7)12-9-5-14-6-10(9)13/h1-4,9-10,12-13H,5-6H2/t9-,10+/m1/s1. The third kappa shape index (κ3) is 1.86. The molecule has 2 N–H and O–H groups in total. The summed E-state index contributed by atoms with van der Waals surface area (Å²) >= 11 is 0. The minimum absolute atomic E-state index is 0.216. The highest BCUT2D eigenvalue weighted by molar-refractivity contribution is 5.45. The smallest absolute Gasteiger partial charge is 0.146 e. The Bertz CT molecular complexity index is 319. The highest BCUT2D eigenvalue weighted by Crippen LogP contribution is 2.17. The third-order valence-corrected chi connectivity index (χ3v) is 2.27. The van der Waals surface area contributed by atoms with Crippen LogP contribution in [0, 0.1) is 5.82 Å². The van der Waals surface area contributed by atoms with Crippen molar-refractivity contribution in [3.05, 3.63) is 30.1 Å². The van der Waals surface area contributed by atoms with Gasteiger partial charge in [-0.15, -0.1) is 0 Å². The Morgan fingerprint density at radius 2 is 2.14 bits per heavy atom. The molecule has 1 saturated heterocycles. The predicted molar refractivity (Wildman–Crippen MR) is 50.6 cm³/mol. The molecule has 1 heterocycles. The number of hydrogen-bond donors (Lipinski definition) is 2. The zero-order chi connectivity index (χ0) is 9.97. The lowest BCUT2D eigenvalue weighted by molar-refractivity contribution is 0.125. The number of ether oxygens (including phenoxy) is 1. The summed E-state index contributed by atoms with van der Waals surface area (Å²) in [6, 6.07) is 6.17. The molecule has 0 unspecified atom stereocenters. The van der Waals surface area contributed by atoms with Crippen molar-refractivity contribution in [2.45, 2.75) is 12.1 Å². The quantitative estimate of drug-likeness (QED) is 0.743. The van der Waals surface area contributed by atoms with Gasteiger partial charge in [0.1, 0.15) is 5.82 Å². The van der Waals surface area contributed by atoms with Crippen LogP contribution in [0.25, 0.3) is 0 Å². The van der Waals surface area contributed by atoms with Crippen LogP contribution in [0.1, 0.15) is 0 Å². The zero-order valence-corrected chi connectivity index (χ0v) is 7.61. The number of anilines is 1. The first kappa shape index (κ1) is 9.43. The summed E-state index contributed by atoms with van der Waals surface area (Å²) in [5.41, 5.74) is 0.405. The van der Waals surface area contributed by atoms with Gasteiger partial charge in [0.05, 0.1) is 31.0 Å². The molecule has 0 spiro atoms. The Kier molecular flexibility index (Phi) is 2.65. The third-order valence-electron chi connectivity index (χ3n) is 2.27. The molecular formula is C10H12FNO2. The number of nitrogens with one attached hydrogen (secondary N) is 1. The molecule has 1 aromatic carbocycles. The maximum Gasteiger partial charge on any atom is 0.146 e. The van der Waals surface area contributed by atoms with E-state index in [2.05, 4.69) is 5.32 Å². The van der Waals surface area contributed by atoms with E-state index >= 15 is 0 Å². The number of hydrogen-bond acceptors (Lipinski definition) is 3. The lowest BCUT2D eigenvalue weighted by atomic mass is 10.2. The van der Waals surface area contributed by atoms with Crippen LogP contribution in [0.5, 0.6) is 0 Å². The number of halogens is 1. The lowest BCUT2D eigenvalue weighted by Gasteiger charge is -2.16. The van der Waals surface area contributed by atoms with Gasteiger partial charge in [0.25, 0.3) is 0 Å². The van der Waals surface area contributed by atoms with Crippen LogP contribution in [-0.2, 0) is 4.74 Å². The van der Waals surface area contributed by atoms with Crippen molar-refractivity contribution in [3.63, 3.8) is 0 Å². The van der Waals surface area contributed by atoms with Crippen LogP contribution >= 0.6 is 0 Å². The van der Waals surface area contributed by atoms with E-state index in [9.17, 15) is 9.50 Å². The Morgan fingerprint density at radius 1 is 1.36 bits per heavy atom. The molecule has 1 fully saturated rings. The molecule has 0 amide bonds. The van der Waals surface area contributed by atoms with Gasteiger partial charge in [-0.2, -0.15) is 0 Å². The topological polar surface area (TPSA) is 41.5 Å². The fraction of sp³-hybridized carbons (Fsp3) is 0.400. The number of rotatable bonds is 2. The average Bonchev–Trinajstić information content (AvgIpc) is 2.56. The van der Waals surface area contributed by atoms with Crippen LogP contribution in [0.15, 0.2) is 24.3 Å². The highest BCUT2D eigenvalue weighted by atomic mass is 19.1. The Morgan fingerprint density at radius 3 is 2.79 bits per heavy atom. The minimum Gasteiger partial charge on any atom is -0.388 e. The SMILES string of the molecule is O[C@H]1COC[C@H]1Nc1ccccc1F. The van der Waals surface area contributed by atoms with Gasteiger partial charge < -0.3 is 15.2 Å². The van der Waals surface area contributed by atoms with Gasteiger partial charge in [-0.25, -0.2) is 4.39 Å². The maximum atomic E-state index is 13.2. The average molecular weight is 197 g/mol. The van der Waals surface area contributed by atoms with Gasteiger partial charge in [-0.05, 0) is 12.1 Å². The van der Waals surface area contributed by atoms with Gasteiger partial charge >= 0.3 is 0 Å². The van der Waals surface area contributed by atoms with Gasteiger partial charge in [-0.3, -0.25) is 0 Å². The molecule has 0 bridgehead atoms. The van der Waals surface area contributed by atoms with E-state index in [-0.39, 0.29) is 11.9 Å². The molecule has 0 saturated carbocycles. The number of para-hydroxylation sites is 1. The van der Waals surface area contributed by atoms with Crippen molar-refractivity contribution >= 4 is 5.69 Å². The Hall–Kier alpha value is -1.13. The van der Waals surface area contributed by atoms with Crippen molar-refractivity contribution in [2.24, 2.45) is 0 Å². The molecule has 0 aromatic heterocycles. The van der Waals surface area contributed by atoms with Crippen LogP contribution in [0.3, 0.4) is 0 Å². The largest absolute Gasteiger partial charge is 0.388 e.